The molecule has 0 amide bonds. The molecule has 0 saturated carbocycles. The van der Waals surface area contributed by atoms with Gasteiger partial charge in [-0.3, -0.25) is 9.69 Å². The van der Waals surface area contributed by atoms with E-state index in [1.54, 1.807) is 19.4 Å². The van der Waals surface area contributed by atoms with Crippen LogP contribution >= 0.6 is 0 Å². The maximum absolute atomic E-state index is 12.2. The Balaban J connectivity index is 1.57. The SMILES string of the molecule is CCCc1nc(CN2CCO[C@H](CN(C)c3nccn(C)c3=O)C2)no1. The van der Waals surface area contributed by atoms with E-state index in [9.17, 15) is 4.79 Å². The van der Waals surface area contributed by atoms with Crippen molar-refractivity contribution in [3.05, 3.63) is 34.5 Å². The minimum absolute atomic E-state index is 0.0116. The second-order valence-electron chi connectivity index (χ2n) is 6.63. The molecule has 0 N–H and O–H groups in total. The maximum atomic E-state index is 12.2. The van der Waals surface area contributed by atoms with Crippen LogP contribution in [0.3, 0.4) is 0 Å². The Hall–Kier alpha value is -2.26. The van der Waals surface area contributed by atoms with Gasteiger partial charge in [0.2, 0.25) is 5.89 Å². The van der Waals surface area contributed by atoms with Gasteiger partial charge in [-0.25, -0.2) is 4.98 Å². The van der Waals surface area contributed by atoms with Gasteiger partial charge in [-0.2, -0.15) is 4.98 Å². The second-order valence-corrected chi connectivity index (χ2v) is 6.63. The summed E-state index contributed by atoms with van der Waals surface area (Å²) in [4.78, 5) is 24.9. The molecule has 0 unspecified atom stereocenters. The van der Waals surface area contributed by atoms with Crippen LogP contribution in [0.1, 0.15) is 25.1 Å². The van der Waals surface area contributed by atoms with Gasteiger partial charge < -0.3 is 18.7 Å². The van der Waals surface area contributed by atoms with Crippen molar-refractivity contribution in [2.75, 3.05) is 38.2 Å². The van der Waals surface area contributed by atoms with Crippen LogP contribution in [0.5, 0.6) is 0 Å². The lowest BCUT2D eigenvalue weighted by Crippen LogP contribution is -2.47. The van der Waals surface area contributed by atoms with Crippen molar-refractivity contribution >= 4 is 5.82 Å². The molecular formula is C17H26N6O3. The summed E-state index contributed by atoms with van der Waals surface area (Å²) in [5.41, 5.74) is -0.113. The Morgan fingerprint density at radius 1 is 1.42 bits per heavy atom. The molecule has 1 saturated heterocycles. The highest BCUT2D eigenvalue weighted by Gasteiger charge is 2.24. The first-order valence-electron chi connectivity index (χ1n) is 8.95. The molecule has 0 aliphatic carbocycles. The third-order valence-electron chi connectivity index (χ3n) is 4.40. The van der Waals surface area contributed by atoms with Crippen molar-refractivity contribution in [1.29, 1.82) is 0 Å². The largest absolute Gasteiger partial charge is 0.374 e. The van der Waals surface area contributed by atoms with Crippen LogP contribution in [-0.4, -0.2) is 64.0 Å². The molecule has 9 nitrogen and oxygen atoms in total. The fourth-order valence-electron chi connectivity index (χ4n) is 3.04. The van der Waals surface area contributed by atoms with E-state index < -0.39 is 0 Å². The van der Waals surface area contributed by atoms with E-state index in [-0.39, 0.29) is 11.7 Å². The Morgan fingerprint density at radius 2 is 2.27 bits per heavy atom. The number of ether oxygens (including phenoxy) is 1. The van der Waals surface area contributed by atoms with Gasteiger partial charge in [-0.05, 0) is 6.42 Å². The Labute approximate surface area is 152 Å². The van der Waals surface area contributed by atoms with Crippen LogP contribution in [0.25, 0.3) is 0 Å². The average Bonchev–Trinajstić information content (AvgIpc) is 3.05. The number of aromatic nitrogens is 4. The van der Waals surface area contributed by atoms with Gasteiger partial charge >= 0.3 is 0 Å². The summed E-state index contributed by atoms with van der Waals surface area (Å²) in [6.45, 7) is 5.52. The van der Waals surface area contributed by atoms with Crippen molar-refractivity contribution in [2.24, 2.45) is 7.05 Å². The highest BCUT2D eigenvalue weighted by Crippen LogP contribution is 2.12. The van der Waals surface area contributed by atoms with Crippen molar-refractivity contribution in [3.63, 3.8) is 0 Å². The minimum Gasteiger partial charge on any atom is -0.374 e. The normalized spacial score (nSPS) is 18.2. The van der Waals surface area contributed by atoms with Gasteiger partial charge in [-0.1, -0.05) is 12.1 Å². The lowest BCUT2D eigenvalue weighted by atomic mass is 10.2. The standard InChI is InChI=1S/C17H26N6O3/c1-4-5-15-19-14(20-26-15)12-23-8-9-25-13(11-23)10-22(3)16-17(24)21(2)7-6-18-16/h6-7,13H,4-5,8-12H2,1-3H3/t13-/m1/s1. The van der Waals surface area contributed by atoms with Crippen molar-refractivity contribution in [2.45, 2.75) is 32.4 Å². The van der Waals surface area contributed by atoms with Gasteiger partial charge in [0.1, 0.15) is 0 Å². The molecule has 26 heavy (non-hydrogen) atoms. The van der Waals surface area contributed by atoms with Gasteiger partial charge in [0.25, 0.3) is 5.56 Å². The molecule has 1 aliphatic heterocycles. The molecule has 2 aromatic heterocycles. The van der Waals surface area contributed by atoms with Crippen molar-refractivity contribution < 1.29 is 9.26 Å². The fourth-order valence-corrected chi connectivity index (χ4v) is 3.04. The third kappa shape index (κ3) is 4.47. The summed E-state index contributed by atoms with van der Waals surface area (Å²) in [6, 6.07) is 0. The van der Waals surface area contributed by atoms with Gasteiger partial charge in [0.05, 0.1) is 19.3 Å². The van der Waals surface area contributed by atoms with E-state index in [2.05, 4.69) is 26.9 Å². The number of aryl methyl sites for hydroxylation is 2. The van der Waals surface area contributed by atoms with Gasteiger partial charge in [0, 0.05) is 52.5 Å². The molecule has 1 fully saturated rings. The van der Waals surface area contributed by atoms with Crippen molar-refractivity contribution in [3.8, 4) is 0 Å². The predicted molar refractivity (Wildman–Crippen MR) is 96.1 cm³/mol. The zero-order valence-electron chi connectivity index (χ0n) is 15.6. The molecule has 1 aliphatic rings. The smallest absolute Gasteiger partial charge is 0.293 e. The minimum atomic E-state index is -0.113. The molecular weight excluding hydrogens is 336 g/mol. The molecule has 9 heteroatoms. The molecule has 142 valence electrons. The highest BCUT2D eigenvalue weighted by molar-refractivity contribution is 5.34. The molecule has 0 bridgehead atoms. The Morgan fingerprint density at radius 3 is 3.08 bits per heavy atom. The molecule has 0 radical (unpaired) electrons. The average molecular weight is 362 g/mol. The van der Waals surface area contributed by atoms with Crippen LogP contribution in [0.15, 0.2) is 21.7 Å². The fraction of sp³-hybridized carbons (Fsp3) is 0.647. The first-order chi connectivity index (χ1) is 12.6. The number of hydrogen-bond acceptors (Lipinski definition) is 8. The summed E-state index contributed by atoms with van der Waals surface area (Å²) in [5, 5.41) is 4.05. The summed E-state index contributed by atoms with van der Waals surface area (Å²) in [5.74, 6) is 1.83. The summed E-state index contributed by atoms with van der Waals surface area (Å²) in [7, 11) is 3.58. The lowest BCUT2D eigenvalue weighted by molar-refractivity contribution is -0.0274. The maximum Gasteiger partial charge on any atom is 0.293 e. The number of morpholine rings is 1. The predicted octanol–water partition coefficient (Wildman–Crippen LogP) is 0.453. The number of nitrogens with zero attached hydrogens (tertiary/aromatic N) is 6. The van der Waals surface area contributed by atoms with Crippen LogP contribution in [0.2, 0.25) is 0 Å². The summed E-state index contributed by atoms with van der Waals surface area (Å²) >= 11 is 0. The molecule has 0 spiro atoms. The van der Waals surface area contributed by atoms with Crippen LogP contribution < -0.4 is 10.5 Å². The van der Waals surface area contributed by atoms with E-state index in [0.29, 0.717) is 37.2 Å². The number of likely N-dealkylation sites (N-methyl/N-ethyl adjacent to an activating group) is 1. The topological polar surface area (TPSA) is 89.5 Å². The Bertz CT molecular complexity index is 774. The zero-order chi connectivity index (χ0) is 18.5. The van der Waals surface area contributed by atoms with E-state index in [1.165, 1.54) is 4.57 Å². The molecule has 2 aromatic rings. The third-order valence-corrected chi connectivity index (χ3v) is 4.40. The lowest BCUT2D eigenvalue weighted by Gasteiger charge is -2.34. The molecule has 3 rings (SSSR count). The molecule has 1 atom stereocenters. The van der Waals surface area contributed by atoms with Crippen LogP contribution in [0.4, 0.5) is 5.82 Å². The quantitative estimate of drug-likeness (QED) is 0.701. The monoisotopic (exact) mass is 362 g/mol. The number of anilines is 1. The summed E-state index contributed by atoms with van der Waals surface area (Å²) in [6.07, 6.45) is 5.06. The molecule has 0 aromatic carbocycles. The zero-order valence-corrected chi connectivity index (χ0v) is 15.6. The number of hydrogen-bond donors (Lipinski definition) is 0. The van der Waals surface area contributed by atoms with Crippen LogP contribution in [0, 0.1) is 0 Å². The molecule has 3 heterocycles. The van der Waals surface area contributed by atoms with Crippen LogP contribution in [-0.2, 0) is 24.8 Å². The van der Waals surface area contributed by atoms with Gasteiger partial charge in [-0.15, -0.1) is 0 Å². The highest BCUT2D eigenvalue weighted by atomic mass is 16.5. The summed E-state index contributed by atoms with van der Waals surface area (Å²) < 4.78 is 12.6. The van der Waals surface area contributed by atoms with E-state index in [0.717, 1.165) is 25.9 Å². The van der Waals surface area contributed by atoms with E-state index in [1.807, 2.05) is 11.9 Å². The van der Waals surface area contributed by atoms with E-state index in [4.69, 9.17) is 9.26 Å². The van der Waals surface area contributed by atoms with Gasteiger partial charge in [0.15, 0.2) is 11.6 Å². The van der Waals surface area contributed by atoms with Crippen molar-refractivity contribution in [1.82, 2.24) is 24.6 Å². The Kier molecular flexibility index (Phi) is 6.00. The van der Waals surface area contributed by atoms with E-state index >= 15 is 0 Å². The number of rotatable bonds is 7. The second kappa shape index (κ2) is 8.41. The first kappa shape index (κ1) is 18.5. The first-order valence-corrected chi connectivity index (χ1v) is 8.95.